The minimum absolute atomic E-state index is 0.173. The Labute approximate surface area is 144 Å². The van der Waals surface area contributed by atoms with Crippen molar-refractivity contribution >= 4 is 28.9 Å². The lowest BCUT2D eigenvalue weighted by Crippen LogP contribution is -2.38. The molecule has 0 unspecified atom stereocenters. The van der Waals surface area contributed by atoms with Crippen LogP contribution in [0.5, 0.6) is 0 Å². The third-order valence-electron chi connectivity index (χ3n) is 4.48. The lowest BCUT2D eigenvalue weighted by atomic mass is 10.0. The van der Waals surface area contributed by atoms with Crippen LogP contribution < -0.4 is 4.90 Å². The van der Waals surface area contributed by atoms with Crippen molar-refractivity contribution in [3.8, 4) is 0 Å². The van der Waals surface area contributed by atoms with E-state index in [4.69, 9.17) is 4.74 Å². The Morgan fingerprint density at radius 2 is 2.12 bits per heavy atom. The number of anilines is 1. The number of benzene rings is 1. The van der Waals surface area contributed by atoms with Crippen molar-refractivity contribution in [1.82, 2.24) is 4.98 Å². The number of aryl methyl sites for hydroxylation is 1. The Bertz CT molecular complexity index is 782. The van der Waals surface area contributed by atoms with E-state index < -0.39 is 5.97 Å². The summed E-state index contributed by atoms with van der Waals surface area (Å²) in [4.78, 5) is 31.3. The number of amides is 1. The summed E-state index contributed by atoms with van der Waals surface area (Å²) < 4.78 is 5.28. The average Bonchev–Trinajstić information content (AvgIpc) is 3.35. The second-order valence-corrected chi connectivity index (χ2v) is 7.05. The molecule has 2 aromatic rings. The summed E-state index contributed by atoms with van der Waals surface area (Å²) in [6, 6.07) is 7.90. The number of rotatable bonds is 4. The van der Waals surface area contributed by atoms with E-state index in [2.05, 4.69) is 4.98 Å². The predicted molar refractivity (Wildman–Crippen MR) is 91.5 cm³/mol. The van der Waals surface area contributed by atoms with Crippen LogP contribution in [0.15, 0.2) is 29.8 Å². The molecule has 0 atom stereocenters. The third kappa shape index (κ3) is 2.94. The van der Waals surface area contributed by atoms with Gasteiger partial charge in [0.1, 0.15) is 4.88 Å². The van der Waals surface area contributed by atoms with Crippen LogP contribution in [0.25, 0.3) is 0 Å². The highest BCUT2D eigenvalue weighted by Gasteiger charge is 2.31. The summed E-state index contributed by atoms with van der Waals surface area (Å²) in [5.74, 6) is -0.213. The SMILES string of the molecule is O=C(OCC(=O)N1CCCc2ccccc21)c1scnc1C1CC1. The van der Waals surface area contributed by atoms with Crippen molar-refractivity contribution in [2.75, 3.05) is 18.1 Å². The predicted octanol–water partition coefficient (Wildman–Crippen LogP) is 3.16. The van der Waals surface area contributed by atoms with E-state index in [1.54, 1.807) is 10.4 Å². The Kier molecular flexibility index (Phi) is 4.06. The number of carbonyl (C=O) groups is 2. The first kappa shape index (κ1) is 15.3. The van der Waals surface area contributed by atoms with Gasteiger partial charge in [-0.1, -0.05) is 18.2 Å². The molecule has 1 fully saturated rings. The number of carbonyl (C=O) groups excluding carboxylic acids is 2. The van der Waals surface area contributed by atoms with E-state index >= 15 is 0 Å². The van der Waals surface area contributed by atoms with Crippen LogP contribution in [0.2, 0.25) is 0 Å². The fraction of sp³-hybridized carbons (Fsp3) is 0.389. The molecule has 1 aliphatic carbocycles. The molecule has 2 heterocycles. The van der Waals surface area contributed by atoms with Crippen molar-refractivity contribution in [2.45, 2.75) is 31.6 Å². The van der Waals surface area contributed by atoms with Gasteiger partial charge < -0.3 is 9.64 Å². The van der Waals surface area contributed by atoms with Crippen LogP contribution in [-0.4, -0.2) is 30.0 Å². The van der Waals surface area contributed by atoms with Gasteiger partial charge in [-0.25, -0.2) is 9.78 Å². The summed E-state index contributed by atoms with van der Waals surface area (Å²) in [6.07, 6.45) is 4.06. The highest BCUT2D eigenvalue weighted by molar-refractivity contribution is 7.11. The molecule has 0 N–H and O–H groups in total. The molecule has 0 spiro atoms. The van der Waals surface area contributed by atoms with Gasteiger partial charge in [-0.3, -0.25) is 4.79 Å². The van der Waals surface area contributed by atoms with Crippen molar-refractivity contribution in [2.24, 2.45) is 0 Å². The van der Waals surface area contributed by atoms with E-state index in [1.807, 2.05) is 24.3 Å². The van der Waals surface area contributed by atoms with Gasteiger partial charge in [0.15, 0.2) is 6.61 Å². The fourth-order valence-electron chi connectivity index (χ4n) is 3.12. The van der Waals surface area contributed by atoms with Crippen molar-refractivity contribution in [3.63, 3.8) is 0 Å². The number of hydrogen-bond donors (Lipinski definition) is 0. The second-order valence-electron chi connectivity index (χ2n) is 6.19. The molecule has 1 aliphatic heterocycles. The molecular formula is C18H18N2O3S. The first-order valence-electron chi connectivity index (χ1n) is 8.23. The van der Waals surface area contributed by atoms with Crippen LogP contribution >= 0.6 is 11.3 Å². The molecular weight excluding hydrogens is 324 g/mol. The highest BCUT2D eigenvalue weighted by Crippen LogP contribution is 2.41. The largest absolute Gasteiger partial charge is 0.451 e. The molecule has 0 bridgehead atoms. The van der Waals surface area contributed by atoms with Gasteiger partial charge in [-0.2, -0.15) is 0 Å². The van der Waals surface area contributed by atoms with Gasteiger partial charge in [-0.05, 0) is 37.3 Å². The summed E-state index contributed by atoms with van der Waals surface area (Å²) in [5, 5.41) is 0. The van der Waals surface area contributed by atoms with E-state index in [-0.39, 0.29) is 12.5 Å². The monoisotopic (exact) mass is 342 g/mol. The lowest BCUT2D eigenvalue weighted by Gasteiger charge is -2.29. The number of para-hydroxylation sites is 1. The number of fused-ring (bicyclic) bond motifs is 1. The summed E-state index contributed by atoms with van der Waals surface area (Å²) >= 11 is 1.29. The number of ether oxygens (including phenoxy) is 1. The van der Waals surface area contributed by atoms with Gasteiger partial charge in [0.2, 0.25) is 0 Å². The first-order chi connectivity index (χ1) is 11.7. The van der Waals surface area contributed by atoms with Gasteiger partial charge >= 0.3 is 5.97 Å². The van der Waals surface area contributed by atoms with Crippen molar-refractivity contribution < 1.29 is 14.3 Å². The van der Waals surface area contributed by atoms with Crippen LogP contribution in [0.3, 0.4) is 0 Å². The van der Waals surface area contributed by atoms with Crippen LogP contribution in [0, 0.1) is 0 Å². The normalized spacial score (nSPS) is 16.6. The topological polar surface area (TPSA) is 59.5 Å². The van der Waals surface area contributed by atoms with E-state index in [1.165, 1.54) is 16.9 Å². The minimum atomic E-state index is -0.432. The Morgan fingerprint density at radius 3 is 2.96 bits per heavy atom. The average molecular weight is 342 g/mol. The van der Waals surface area contributed by atoms with Gasteiger partial charge in [0.25, 0.3) is 5.91 Å². The Morgan fingerprint density at radius 1 is 1.29 bits per heavy atom. The number of thiazole rings is 1. The number of hydrogen-bond acceptors (Lipinski definition) is 5. The maximum Gasteiger partial charge on any atom is 0.350 e. The molecule has 0 saturated heterocycles. The molecule has 1 saturated carbocycles. The molecule has 2 aliphatic rings. The Balaban J connectivity index is 1.42. The number of esters is 1. The van der Waals surface area contributed by atoms with E-state index in [0.29, 0.717) is 17.3 Å². The molecule has 24 heavy (non-hydrogen) atoms. The summed E-state index contributed by atoms with van der Waals surface area (Å²) in [7, 11) is 0. The lowest BCUT2D eigenvalue weighted by molar-refractivity contribution is -0.121. The van der Waals surface area contributed by atoms with Gasteiger partial charge in [0, 0.05) is 18.2 Å². The minimum Gasteiger partial charge on any atom is -0.451 e. The van der Waals surface area contributed by atoms with Crippen LogP contribution in [0.1, 0.15) is 46.1 Å². The molecule has 1 aromatic heterocycles. The maximum atomic E-state index is 12.5. The molecule has 6 heteroatoms. The molecule has 1 amide bonds. The molecule has 4 rings (SSSR count). The fourth-order valence-corrected chi connectivity index (χ4v) is 3.89. The Hall–Kier alpha value is -2.21. The van der Waals surface area contributed by atoms with Gasteiger partial charge in [-0.15, -0.1) is 11.3 Å². The van der Waals surface area contributed by atoms with Crippen molar-refractivity contribution in [1.29, 1.82) is 0 Å². The van der Waals surface area contributed by atoms with E-state index in [0.717, 1.165) is 37.1 Å². The zero-order chi connectivity index (χ0) is 16.5. The standard InChI is InChI=1S/C18H18N2O3S/c21-15(20-9-3-5-12-4-1-2-6-14(12)20)10-23-18(22)17-16(13-7-8-13)19-11-24-17/h1-2,4,6,11,13H,3,5,7-10H2. The van der Waals surface area contributed by atoms with Gasteiger partial charge in [0.05, 0.1) is 11.2 Å². The summed E-state index contributed by atoms with van der Waals surface area (Å²) in [6.45, 7) is 0.441. The third-order valence-corrected chi connectivity index (χ3v) is 5.30. The zero-order valence-corrected chi connectivity index (χ0v) is 14.1. The number of nitrogens with zero attached hydrogens (tertiary/aromatic N) is 2. The smallest absolute Gasteiger partial charge is 0.350 e. The second kappa shape index (κ2) is 6.36. The zero-order valence-electron chi connectivity index (χ0n) is 13.2. The van der Waals surface area contributed by atoms with E-state index in [9.17, 15) is 9.59 Å². The molecule has 1 aromatic carbocycles. The number of aromatic nitrogens is 1. The quantitative estimate of drug-likeness (QED) is 0.801. The maximum absolute atomic E-state index is 12.5. The van der Waals surface area contributed by atoms with Crippen LogP contribution in [-0.2, 0) is 16.0 Å². The molecule has 124 valence electrons. The summed E-state index contributed by atoms with van der Waals surface area (Å²) in [5.41, 5.74) is 4.61. The van der Waals surface area contributed by atoms with Crippen molar-refractivity contribution in [3.05, 3.63) is 45.9 Å². The highest BCUT2D eigenvalue weighted by atomic mass is 32.1. The molecule has 5 nitrogen and oxygen atoms in total. The molecule has 0 radical (unpaired) electrons. The van der Waals surface area contributed by atoms with Crippen LogP contribution in [0.4, 0.5) is 5.69 Å². The first-order valence-corrected chi connectivity index (χ1v) is 9.11.